The molecule has 1 aromatic carbocycles. The van der Waals surface area contributed by atoms with Crippen LogP contribution in [-0.4, -0.2) is 25.4 Å². The lowest BCUT2D eigenvalue weighted by molar-refractivity contribution is 0.588. The number of aromatic nitrogens is 2. The minimum Gasteiger partial charge on any atom is -0.332 e. The molecule has 2 aromatic heterocycles. The van der Waals surface area contributed by atoms with Crippen LogP contribution in [0.3, 0.4) is 0 Å². The molecule has 2 N–H and O–H groups in total. The Morgan fingerprint density at radius 2 is 1.79 bits per heavy atom. The molecule has 0 unspecified atom stereocenters. The van der Waals surface area contributed by atoms with E-state index >= 15 is 0 Å². The molecule has 9 heteroatoms. The third-order valence-corrected chi connectivity index (χ3v) is 6.61. The molecule has 24 heavy (non-hydrogen) atoms. The van der Waals surface area contributed by atoms with Gasteiger partial charge in [0.2, 0.25) is 10.0 Å². The first-order chi connectivity index (χ1) is 11.4. The largest absolute Gasteiger partial charge is 0.332 e. The Labute approximate surface area is 148 Å². The number of benzene rings is 1. The average molecular weight is 381 g/mol. The van der Waals surface area contributed by atoms with Crippen LogP contribution in [0, 0.1) is 13.8 Å². The zero-order chi connectivity index (χ0) is 17.3. The van der Waals surface area contributed by atoms with Crippen molar-refractivity contribution >= 4 is 43.5 Å². The van der Waals surface area contributed by atoms with E-state index in [1.807, 2.05) is 19.2 Å². The molecule has 6 nitrogen and oxygen atoms in total. The predicted molar refractivity (Wildman–Crippen MR) is 98.7 cm³/mol. The van der Waals surface area contributed by atoms with Crippen LogP contribution in [0.25, 0.3) is 10.6 Å². The lowest BCUT2D eigenvalue weighted by Gasteiger charge is -2.05. The molecule has 0 aliphatic rings. The Kier molecular flexibility index (Phi) is 4.68. The second kappa shape index (κ2) is 6.60. The lowest BCUT2D eigenvalue weighted by atomic mass is 10.3. The van der Waals surface area contributed by atoms with E-state index in [-0.39, 0.29) is 4.90 Å². The Bertz CT molecular complexity index is 959. The SMILES string of the molecule is CNS(=O)(=O)c1ccc(Nc2nc(-c3sc(C)nc3C)cs2)cc1. The standard InChI is InChI=1S/C15H16N4O2S3/c1-9-14(23-10(2)17-9)13-8-22-15(19-13)18-11-4-6-12(7-5-11)24(20,21)16-3/h4-8,16H,1-3H3,(H,18,19). The molecule has 0 aliphatic heterocycles. The van der Waals surface area contributed by atoms with Gasteiger partial charge < -0.3 is 5.32 Å². The van der Waals surface area contributed by atoms with Gasteiger partial charge in [0.15, 0.2) is 5.13 Å². The van der Waals surface area contributed by atoms with E-state index in [0.29, 0.717) is 0 Å². The number of anilines is 2. The van der Waals surface area contributed by atoms with Gasteiger partial charge in [-0.05, 0) is 45.2 Å². The average Bonchev–Trinajstić information content (AvgIpc) is 3.14. The molecular formula is C15H16N4O2S3. The molecule has 0 aliphatic carbocycles. The summed E-state index contributed by atoms with van der Waals surface area (Å²) in [4.78, 5) is 10.3. The van der Waals surface area contributed by atoms with Crippen molar-refractivity contribution in [3.8, 4) is 10.6 Å². The van der Waals surface area contributed by atoms with Crippen LogP contribution in [0.2, 0.25) is 0 Å². The van der Waals surface area contributed by atoms with E-state index in [4.69, 9.17) is 0 Å². The lowest BCUT2D eigenvalue weighted by Crippen LogP contribution is -2.18. The second-order valence-corrected chi connectivity index (χ2v) is 8.99. The smallest absolute Gasteiger partial charge is 0.240 e. The van der Waals surface area contributed by atoms with Gasteiger partial charge in [-0.3, -0.25) is 0 Å². The molecule has 0 saturated heterocycles. The molecule has 0 amide bonds. The molecule has 0 saturated carbocycles. The highest BCUT2D eigenvalue weighted by Crippen LogP contribution is 2.33. The summed E-state index contributed by atoms with van der Waals surface area (Å²) < 4.78 is 25.7. The summed E-state index contributed by atoms with van der Waals surface area (Å²) in [6, 6.07) is 6.54. The van der Waals surface area contributed by atoms with Crippen LogP contribution >= 0.6 is 22.7 Å². The van der Waals surface area contributed by atoms with Gasteiger partial charge in [0, 0.05) is 11.1 Å². The molecule has 3 aromatic rings. The number of aryl methyl sites for hydroxylation is 2. The van der Waals surface area contributed by atoms with Gasteiger partial charge in [-0.25, -0.2) is 23.1 Å². The quantitative estimate of drug-likeness (QED) is 0.707. The van der Waals surface area contributed by atoms with E-state index < -0.39 is 10.0 Å². The van der Waals surface area contributed by atoms with Gasteiger partial charge in [0.1, 0.15) is 0 Å². The molecule has 0 fully saturated rings. The first-order valence-corrected chi connectivity index (χ1v) is 10.3. The van der Waals surface area contributed by atoms with Crippen molar-refractivity contribution in [2.24, 2.45) is 0 Å². The highest BCUT2D eigenvalue weighted by atomic mass is 32.2. The molecule has 0 bridgehead atoms. The Balaban J connectivity index is 1.79. The summed E-state index contributed by atoms with van der Waals surface area (Å²) in [6.45, 7) is 3.96. The van der Waals surface area contributed by atoms with Crippen molar-refractivity contribution in [1.29, 1.82) is 0 Å². The van der Waals surface area contributed by atoms with Crippen molar-refractivity contribution in [1.82, 2.24) is 14.7 Å². The predicted octanol–water partition coefficient (Wildman–Crippen LogP) is 3.54. The highest BCUT2D eigenvalue weighted by Gasteiger charge is 2.13. The number of nitrogens with one attached hydrogen (secondary N) is 2. The molecular weight excluding hydrogens is 364 g/mol. The number of thiazole rings is 2. The van der Waals surface area contributed by atoms with Gasteiger partial charge in [-0.1, -0.05) is 0 Å². The third kappa shape index (κ3) is 3.48. The fraction of sp³-hybridized carbons (Fsp3) is 0.200. The van der Waals surface area contributed by atoms with Crippen molar-refractivity contribution in [3.63, 3.8) is 0 Å². The van der Waals surface area contributed by atoms with Crippen molar-refractivity contribution in [2.75, 3.05) is 12.4 Å². The number of hydrogen-bond donors (Lipinski definition) is 2. The summed E-state index contributed by atoms with van der Waals surface area (Å²) in [5.41, 5.74) is 2.67. The van der Waals surface area contributed by atoms with Gasteiger partial charge in [-0.2, -0.15) is 0 Å². The van der Waals surface area contributed by atoms with Crippen LogP contribution in [0.4, 0.5) is 10.8 Å². The topological polar surface area (TPSA) is 84.0 Å². The van der Waals surface area contributed by atoms with Crippen LogP contribution in [0.15, 0.2) is 34.5 Å². The fourth-order valence-electron chi connectivity index (χ4n) is 2.16. The van der Waals surface area contributed by atoms with E-state index in [1.54, 1.807) is 35.6 Å². The van der Waals surface area contributed by atoms with Crippen molar-refractivity contribution < 1.29 is 8.42 Å². The van der Waals surface area contributed by atoms with Gasteiger partial charge >= 0.3 is 0 Å². The van der Waals surface area contributed by atoms with E-state index in [1.165, 1.54) is 18.4 Å². The van der Waals surface area contributed by atoms with Gasteiger partial charge in [0.05, 0.1) is 26.2 Å². The number of sulfonamides is 1. The maximum atomic E-state index is 11.7. The monoisotopic (exact) mass is 380 g/mol. The van der Waals surface area contributed by atoms with Gasteiger partial charge in [0.25, 0.3) is 0 Å². The minimum atomic E-state index is -3.42. The first-order valence-electron chi connectivity index (χ1n) is 7.09. The van der Waals surface area contributed by atoms with E-state index in [2.05, 4.69) is 20.0 Å². The summed E-state index contributed by atoms with van der Waals surface area (Å²) in [5.74, 6) is 0. The third-order valence-electron chi connectivity index (χ3n) is 3.32. The number of hydrogen-bond acceptors (Lipinski definition) is 7. The summed E-state index contributed by atoms with van der Waals surface area (Å²) in [5, 5.41) is 6.95. The fourth-order valence-corrected chi connectivity index (χ4v) is 4.57. The number of nitrogens with zero attached hydrogens (tertiary/aromatic N) is 2. The molecule has 3 rings (SSSR count). The maximum Gasteiger partial charge on any atom is 0.240 e. The number of rotatable bonds is 5. The highest BCUT2D eigenvalue weighted by molar-refractivity contribution is 7.89. The second-order valence-electron chi connectivity index (χ2n) is 5.04. The molecule has 126 valence electrons. The molecule has 0 radical (unpaired) electrons. The Morgan fingerprint density at radius 1 is 1.08 bits per heavy atom. The molecule has 0 spiro atoms. The Hall–Kier alpha value is -1.81. The normalized spacial score (nSPS) is 11.6. The molecule has 2 heterocycles. The minimum absolute atomic E-state index is 0.228. The van der Waals surface area contributed by atoms with Crippen molar-refractivity contribution in [2.45, 2.75) is 18.7 Å². The maximum absolute atomic E-state index is 11.7. The van der Waals surface area contributed by atoms with Crippen LogP contribution in [-0.2, 0) is 10.0 Å². The van der Waals surface area contributed by atoms with Crippen molar-refractivity contribution in [3.05, 3.63) is 40.3 Å². The summed E-state index contributed by atoms with van der Waals surface area (Å²) in [7, 11) is -2.03. The molecule has 0 atom stereocenters. The van der Waals surface area contributed by atoms with Crippen LogP contribution < -0.4 is 10.0 Å². The van der Waals surface area contributed by atoms with E-state index in [0.717, 1.165) is 32.1 Å². The Morgan fingerprint density at radius 3 is 2.38 bits per heavy atom. The zero-order valence-electron chi connectivity index (χ0n) is 13.3. The van der Waals surface area contributed by atoms with Gasteiger partial charge in [-0.15, -0.1) is 22.7 Å². The first kappa shape index (κ1) is 17.0. The summed E-state index contributed by atoms with van der Waals surface area (Å²) in [6.07, 6.45) is 0. The summed E-state index contributed by atoms with van der Waals surface area (Å²) >= 11 is 3.12. The van der Waals surface area contributed by atoms with Crippen LogP contribution in [0.1, 0.15) is 10.7 Å². The zero-order valence-corrected chi connectivity index (χ0v) is 15.8. The van der Waals surface area contributed by atoms with Crippen LogP contribution in [0.5, 0.6) is 0 Å². The van der Waals surface area contributed by atoms with E-state index in [9.17, 15) is 8.42 Å².